The van der Waals surface area contributed by atoms with Gasteiger partial charge in [0.2, 0.25) is 0 Å². The van der Waals surface area contributed by atoms with Gasteiger partial charge in [-0.3, -0.25) is 0 Å². The van der Waals surface area contributed by atoms with Crippen LogP contribution in [0.3, 0.4) is 0 Å². The van der Waals surface area contributed by atoms with Gasteiger partial charge in [-0.25, -0.2) is 4.39 Å². The number of nitrogens with one attached hydrogen (secondary N) is 1. The molecule has 2 heteroatoms. The zero-order valence-electron chi connectivity index (χ0n) is 11.9. The first kappa shape index (κ1) is 14.9. The van der Waals surface area contributed by atoms with E-state index < -0.39 is 5.67 Å². The standard InChI is InChI=1S/C15H30FN/c1-4-6-8-13(5-2)11-15(3,16)14-9-7-10-17-12-14/h13-14,17H,4-12H2,1-3H3. The summed E-state index contributed by atoms with van der Waals surface area (Å²) in [5, 5.41) is 3.34. The van der Waals surface area contributed by atoms with Crippen molar-refractivity contribution in [2.45, 2.75) is 71.4 Å². The maximum absolute atomic E-state index is 14.8. The molecule has 1 fully saturated rings. The van der Waals surface area contributed by atoms with Crippen LogP contribution in [0, 0.1) is 11.8 Å². The number of hydrogen-bond donors (Lipinski definition) is 1. The molecule has 0 aromatic heterocycles. The van der Waals surface area contributed by atoms with E-state index in [1.54, 1.807) is 0 Å². The first-order chi connectivity index (χ1) is 8.10. The Bertz CT molecular complexity index is 197. The number of rotatable bonds is 7. The molecule has 1 N–H and O–H groups in total. The highest BCUT2D eigenvalue weighted by molar-refractivity contribution is 4.88. The second kappa shape index (κ2) is 7.35. The molecule has 3 atom stereocenters. The van der Waals surface area contributed by atoms with Crippen molar-refractivity contribution < 1.29 is 4.39 Å². The SMILES string of the molecule is CCCCC(CC)CC(C)(F)C1CCCNC1. The number of halogens is 1. The third kappa shape index (κ3) is 4.95. The lowest BCUT2D eigenvalue weighted by Crippen LogP contribution is -2.42. The summed E-state index contributed by atoms with van der Waals surface area (Å²) in [6.07, 6.45) is 7.75. The van der Waals surface area contributed by atoms with Gasteiger partial charge in [-0.15, -0.1) is 0 Å². The third-order valence-electron chi connectivity index (χ3n) is 4.38. The largest absolute Gasteiger partial charge is 0.316 e. The molecular formula is C15H30FN. The quantitative estimate of drug-likeness (QED) is 0.702. The van der Waals surface area contributed by atoms with Gasteiger partial charge in [0.25, 0.3) is 0 Å². The Morgan fingerprint density at radius 3 is 2.71 bits per heavy atom. The van der Waals surface area contributed by atoms with Crippen LogP contribution in [-0.4, -0.2) is 18.8 Å². The van der Waals surface area contributed by atoms with Gasteiger partial charge in [-0.1, -0.05) is 39.5 Å². The Morgan fingerprint density at radius 1 is 1.41 bits per heavy atom. The van der Waals surface area contributed by atoms with Crippen LogP contribution >= 0.6 is 0 Å². The van der Waals surface area contributed by atoms with E-state index in [0.29, 0.717) is 5.92 Å². The van der Waals surface area contributed by atoms with Crippen molar-refractivity contribution in [3.05, 3.63) is 0 Å². The summed E-state index contributed by atoms with van der Waals surface area (Å²) < 4.78 is 14.8. The molecule has 0 radical (unpaired) electrons. The van der Waals surface area contributed by atoms with E-state index in [1.165, 1.54) is 19.3 Å². The fraction of sp³-hybridized carbons (Fsp3) is 1.00. The van der Waals surface area contributed by atoms with Gasteiger partial charge in [0.05, 0.1) is 0 Å². The fourth-order valence-corrected chi connectivity index (χ4v) is 3.04. The molecule has 17 heavy (non-hydrogen) atoms. The van der Waals surface area contributed by atoms with Crippen LogP contribution in [0.4, 0.5) is 4.39 Å². The van der Waals surface area contributed by atoms with Crippen LogP contribution in [0.15, 0.2) is 0 Å². The van der Waals surface area contributed by atoms with Gasteiger partial charge in [-0.2, -0.15) is 0 Å². The van der Waals surface area contributed by atoms with E-state index in [9.17, 15) is 4.39 Å². The maximum Gasteiger partial charge on any atom is 0.112 e. The zero-order valence-corrected chi connectivity index (χ0v) is 11.9. The highest BCUT2D eigenvalue weighted by Gasteiger charge is 2.36. The first-order valence-corrected chi connectivity index (χ1v) is 7.49. The smallest absolute Gasteiger partial charge is 0.112 e. The number of alkyl halides is 1. The Kier molecular flexibility index (Phi) is 6.47. The Morgan fingerprint density at radius 2 is 2.18 bits per heavy atom. The molecule has 1 saturated heterocycles. The summed E-state index contributed by atoms with van der Waals surface area (Å²) in [4.78, 5) is 0. The minimum atomic E-state index is -0.970. The molecule has 3 unspecified atom stereocenters. The van der Waals surface area contributed by atoms with Crippen molar-refractivity contribution in [3.63, 3.8) is 0 Å². The molecule has 0 aromatic rings. The van der Waals surface area contributed by atoms with Crippen molar-refractivity contribution in [2.24, 2.45) is 11.8 Å². The summed E-state index contributed by atoms with van der Waals surface area (Å²) in [5.41, 5.74) is -0.970. The molecule has 0 amide bonds. The maximum atomic E-state index is 14.8. The number of unbranched alkanes of at least 4 members (excludes halogenated alkanes) is 1. The third-order valence-corrected chi connectivity index (χ3v) is 4.38. The van der Waals surface area contributed by atoms with Gasteiger partial charge in [0.1, 0.15) is 5.67 Å². The molecule has 102 valence electrons. The Labute approximate surface area is 107 Å². The zero-order chi connectivity index (χ0) is 12.7. The van der Waals surface area contributed by atoms with Crippen LogP contribution in [0.25, 0.3) is 0 Å². The second-order valence-electron chi connectivity index (χ2n) is 5.94. The van der Waals surface area contributed by atoms with Crippen LogP contribution < -0.4 is 5.32 Å². The summed E-state index contributed by atoms with van der Waals surface area (Å²) in [6, 6.07) is 0. The van der Waals surface area contributed by atoms with Crippen LogP contribution in [0.5, 0.6) is 0 Å². The van der Waals surface area contributed by atoms with Gasteiger partial charge in [-0.05, 0) is 38.6 Å². The fourth-order valence-electron chi connectivity index (χ4n) is 3.04. The molecule has 0 aromatic carbocycles. The van der Waals surface area contributed by atoms with E-state index in [-0.39, 0.29) is 5.92 Å². The van der Waals surface area contributed by atoms with E-state index in [2.05, 4.69) is 19.2 Å². The second-order valence-corrected chi connectivity index (χ2v) is 5.94. The number of piperidine rings is 1. The normalized spacial score (nSPS) is 26.5. The van der Waals surface area contributed by atoms with Crippen molar-refractivity contribution in [1.29, 1.82) is 0 Å². The summed E-state index contributed by atoms with van der Waals surface area (Å²) >= 11 is 0. The van der Waals surface area contributed by atoms with E-state index >= 15 is 0 Å². The Balaban J connectivity index is 2.44. The predicted octanol–water partition coefficient (Wildman–Crippen LogP) is 4.32. The molecule has 0 aliphatic carbocycles. The van der Waals surface area contributed by atoms with Crippen molar-refractivity contribution in [1.82, 2.24) is 5.32 Å². The molecule has 1 heterocycles. The van der Waals surface area contributed by atoms with Gasteiger partial charge in [0.15, 0.2) is 0 Å². The molecule has 0 spiro atoms. The molecule has 0 saturated carbocycles. The van der Waals surface area contributed by atoms with Gasteiger partial charge in [0, 0.05) is 12.5 Å². The van der Waals surface area contributed by atoms with Gasteiger partial charge < -0.3 is 5.32 Å². The topological polar surface area (TPSA) is 12.0 Å². The van der Waals surface area contributed by atoms with Crippen molar-refractivity contribution in [2.75, 3.05) is 13.1 Å². The van der Waals surface area contributed by atoms with Crippen LogP contribution in [-0.2, 0) is 0 Å². The van der Waals surface area contributed by atoms with Crippen LogP contribution in [0.1, 0.15) is 65.7 Å². The summed E-state index contributed by atoms with van der Waals surface area (Å²) in [7, 11) is 0. The Hall–Kier alpha value is -0.110. The van der Waals surface area contributed by atoms with E-state index in [4.69, 9.17) is 0 Å². The molecule has 1 aliphatic rings. The summed E-state index contributed by atoms with van der Waals surface area (Å²) in [6.45, 7) is 8.19. The average molecular weight is 243 g/mol. The lowest BCUT2D eigenvalue weighted by atomic mass is 9.77. The predicted molar refractivity (Wildman–Crippen MR) is 73.0 cm³/mol. The highest BCUT2D eigenvalue weighted by atomic mass is 19.1. The van der Waals surface area contributed by atoms with Crippen molar-refractivity contribution in [3.8, 4) is 0 Å². The summed E-state index contributed by atoms with van der Waals surface area (Å²) in [5.74, 6) is 0.804. The van der Waals surface area contributed by atoms with E-state index in [0.717, 1.165) is 38.8 Å². The monoisotopic (exact) mass is 243 g/mol. The first-order valence-electron chi connectivity index (χ1n) is 7.49. The number of hydrogen-bond acceptors (Lipinski definition) is 1. The molecular weight excluding hydrogens is 213 g/mol. The molecule has 0 bridgehead atoms. The highest BCUT2D eigenvalue weighted by Crippen LogP contribution is 2.35. The average Bonchev–Trinajstić information content (AvgIpc) is 2.35. The minimum Gasteiger partial charge on any atom is -0.316 e. The molecule has 1 aliphatic heterocycles. The lowest BCUT2D eigenvalue weighted by Gasteiger charge is -2.36. The lowest BCUT2D eigenvalue weighted by molar-refractivity contribution is 0.0529. The molecule has 1 rings (SSSR count). The van der Waals surface area contributed by atoms with Gasteiger partial charge >= 0.3 is 0 Å². The minimum absolute atomic E-state index is 0.229. The van der Waals surface area contributed by atoms with Crippen molar-refractivity contribution >= 4 is 0 Å². The molecule has 1 nitrogen and oxygen atoms in total. The van der Waals surface area contributed by atoms with Crippen LogP contribution in [0.2, 0.25) is 0 Å². The van der Waals surface area contributed by atoms with E-state index in [1.807, 2.05) is 6.92 Å².